The number of fused-ring (bicyclic) bond motifs is 3. The van der Waals surface area contributed by atoms with Gasteiger partial charge < -0.3 is 5.32 Å². The molecule has 1 aliphatic heterocycles. The molecular formula is C14H19NO3S. The van der Waals surface area contributed by atoms with Gasteiger partial charge in [-0.15, -0.1) is 0 Å². The maximum atomic E-state index is 11.6. The van der Waals surface area contributed by atoms with Crippen LogP contribution in [0.4, 0.5) is 5.69 Å². The van der Waals surface area contributed by atoms with Gasteiger partial charge in [-0.1, -0.05) is 18.2 Å². The molecule has 1 heterocycles. The Hall–Kier alpha value is -1.07. The summed E-state index contributed by atoms with van der Waals surface area (Å²) in [4.78, 5) is 0. The summed E-state index contributed by atoms with van der Waals surface area (Å²) in [6.45, 7) is 1.66. The predicted molar refractivity (Wildman–Crippen MR) is 75.0 cm³/mol. The summed E-state index contributed by atoms with van der Waals surface area (Å²) in [5, 5.41) is 3.49. The highest BCUT2D eigenvalue weighted by Crippen LogP contribution is 2.46. The molecule has 0 saturated heterocycles. The Morgan fingerprint density at radius 2 is 1.95 bits per heavy atom. The van der Waals surface area contributed by atoms with Crippen molar-refractivity contribution in [3.8, 4) is 0 Å². The zero-order valence-corrected chi connectivity index (χ0v) is 11.8. The molecule has 0 spiro atoms. The van der Waals surface area contributed by atoms with Gasteiger partial charge in [0.2, 0.25) is 0 Å². The molecule has 3 atom stereocenters. The average Bonchev–Trinajstić information content (AvgIpc) is 2.61. The normalized spacial score (nSPS) is 34.0. The van der Waals surface area contributed by atoms with Crippen LogP contribution >= 0.6 is 0 Å². The van der Waals surface area contributed by atoms with Gasteiger partial charge in [0.15, 0.2) is 0 Å². The first-order valence-electron chi connectivity index (χ1n) is 6.73. The summed E-state index contributed by atoms with van der Waals surface area (Å²) < 4.78 is 31.6. The number of rotatable bonds is 1. The van der Waals surface area contributed by atoms with Crippen LogP contribution in [0.3, 0.4) is 0 Å². The van der Waals surface area contributed by atoms with Gasteiger partial charge in [0.25, 0.3) is 10.1 Å². The monoisotopic (exact) mass is 281 g/mol. The molecule has 0 aromatic heterocycles. The third kappa shape index (κ3) is 2.05. The minimum atomic E-state index is -3.98. The zero-order valence-electron chi connectivity index (χ0n) is 11.0. The fraction of sp³-hybridized carbons (Fsp3) is 0.571. The second-order valence-corrected chi connectivity index (χ2v) is 7.88. The summed E-state index contributed by atoms with van der Waals surface area (Å²) in [6, 6.07) is 8.52. The van der Waals surface area contributed by atoms with Gasteiger partial charge in [0, 0.05) is 17.6 Å². The van der Waals surface area contributed by atoms with Crippen molar-refractivity contribution in [1.29, 1.82) is 0 Å². The first-order valence-corrected chi connectivity index (χ1v) is 8.17. The van der Waals surface area contributed by atoms with E-state index in [2.05, 4.69) is 17.4 Å². The standard InChI is InChI=1S/C14H19NO3S/c1-14(19(16,17)18)8-6-11-10-4-2-3-5-12(10)15-13(11)7-9-14/h2-5,11,13,15H,6-9H2,1H3,(H,16,17,18). The van der Waals surface area contributed by atoms with Crippen LogP contribution in [0.15, 0.2) is 24.3 Å². The molecule has 4 nitrogen and oxygen atoms in total. The van der Waals surface area contributed by atoms with Crippen LogP contribution in [0.2, 0.25) is 0 Å². The lowest BCUT2D eigenvalue weighted by Crippen LogP contribution is -2.34. The van der Waals surface area contributed by atoms with Crippen molar-refractivity contribution >= 4 is 15.8 Å². The van der Waals surface area contributed by atoms with Crippen molar-refractivity contribution in [3.63, 3.8) is 0 Å². The van der Waals surface area contributed by atoms with E-state index in [9.17, 15) is 13.0 Å². The van der Waals surface area contributed by atoms with E-state index in [0.29, 0.717) is 24.8 Å². The Kier molecular flexibility index (Phi) is 2.87. The minimum absolute atomic E-state index is 0.293. The lowest BCUT2D eigenvalue weighted by molar-refractivity contribution is 0.407. The van der Waals surface area contributed by atoms with Crippen molar-refractivity contribution in [2.75, 3.05) is 5.32 Å². The molecule has 5 heteroatoms. The second kappa shape index (κ2) is 4.21. The average molecular weight is 281 g/mol. The quantitative estimate of drug-likeness (QED) is 0.777. The highest BCUT2D eigenvalue weighted by Gasteiger charge is 2.44. The van der Waals surface area contributed by atoms with Gasteiger partial charge in [0.05, 0.1) is 4.75 Å². The van der Waals surface area contributed by atoms with Crippen molar-refractivity contribution in [3.05, 3.63) is 29.8 Å². The molecule has 1 fully saturated rings. The van der Waals surface area contributed by atoms with Gasteiger partial charge >= 0.3 is 0 Å². The van der Waals surface area contributed by atoms with Gasteiger partial charge in [-0.25, -0.2) is 0 Å². The Morgan fingerprint density at radius 1 is 1.26 bits per heavy atom. The molecule has 2 N–H and O–H groups in total. The number of hydrogen-bond donors (Lipinski definition) is 2. The van der Waals surface area contributed by atoms with Crippen molar-refractivity contribution in [2.24, 2.45) is 0 Å². The number of para-hydroxylation sites is 1. The van der Waals surface area contributed by atoms with Gasteiger partial charge in [-0.05, 0) is 44.2 Å². The molecule has 0 radical (unpaired) electrons. The Morgan fingerprint density at radius 3 is 2.68 bits per heavy atom. The number of nitrogens with one attached hydrogen (secondary N) is 1. The van der Waals surface area contributed by atoms with E-state index >= 15 is 0 Å². The summed E-state index contributed by atoms with van der Waals surface area (Å²) in [5.74, 6) is 0.361. The van der Waals surface area contributed by atoms with E-state index in [4.69, 9.17) is 0 Å². The molecule has 1 aromatic carbocycles. The molecule has 3 unspecified atom stereocenters. The molecule has 1 aromatic rings. The first kappa shape index (κ1) is 12.9. The Labute approximate surface area is 114 Å². The predicted octanol–water partition coefficient (Wildman–Crippen LogP) is 2.78. The van der Waals surface area contributed by atoms with E-state index in [0.717, 1.165) is 12.8 Å². The van der Waals surface area contributed by atoms with Crippen molar-refractivity contribution in [1.82, 2.24) is 0 Å². The maximum absolute atomic E-state index is 11.6. The van der Waals surface area contributed by atoms with Crippen LogP contribution in [0.5, 0.6) is 0 Å². The molecule has 1 saturated carbocycles. The second-order valence-electron chi connectivity index (χ2n) is 5.95. The molecule has 0 amide bonds. The van der Waals surface area contributed by atoms with Crippen LogP contribution < -0.4 is 5.32 Å². The fourth-order valence-electron chi connectivity index (χ4n) is 3.40. The zero-order chi connectivity index (χ0) is 13.7. The Balaban J connectivity index is 1.90. The molecule has 1 aliphatic carbocycles. The van der Waals surface area contributed by atoms with Crippen molar-refractivity contribution in [2.45, 2.75) is 49.3 Å². The van der Waals surface area contributed by atoms with Crippen LogP contribution in [0, 0.1) is 0 Å². The summed E-state index contributed by atoms with van der Waals surface area (Å²) in [6.07, 6.45) is 2.59. The highest BCUT2D eigenvalue weighted by atomic mass is 32.2. The van der Waals surface area contributed by atoms with Crippen LogP contribution in [-0.4, -0.2) is 23.8 Å². The lowest BCUT2D eigenvalue weighted by Gasteiger charge is -2.24. The van der Waals surface area contributed by atoms with E-state index in [1.165, 1.54) is 11.3 Å². The van der Waals surface area contributed by atoms with E-state index in [1.807, 2.05) is 12.1 Å². The van der Waals surface area contributed by atoms with E-state index in [1.54, 1.807) is 6.92 Å². The highest BCUT2D eigenvalue weighted by molar-refractivity contribution is 7.87. The maximum Gasteiger partial charge on any atom is 0.270 e. The fourth-order valence-corrected chi connectivity index (χ4v) is 4.16. The van der Waals surface area contributed by atoms with E-state index in [-0.39, 0.29) is 0 Å². The molecule has 2 aliphatic rings. The largest absolute Gasteiger partial charge is 0.381 e. The Bertz CT molecular complexity index is 598. The summed E-state index contributed by atoms with van der Waals surface area (Å²) >= 11 is 0. The van der Waals surface area contributed by atoms with Crippen LogP contribution in [-0.2, 0) is 10.1 Å². The number of hydrogen-bond acceptors (Lipinski definition) is 3. The topological polar surface area (TPSA) is 66.4 Å². The summed E-state index contributed by atoms with van der Waals surface area (Å²) in [7, 11) is -3.98. The molecule has 0 bridgehead atoms. The number of benzene rings is 1. The lowest BCUT2D eigenvalue weighted by atomic mass is 9.91. The van der Waals surface area contributed by atoms with E-state index < -0.39 is 14.9 Å². The molecule has 3 rings (SSSR count). The van der Waals surface area contributed by atoms with Gasteiger partial charge in [-0.3, -0.25) is 4.55 Å². The SMILES string of the molecule is CC1(S(=O)(=O)O)CCC2Nc3ccccc3C2CC1. The van der Waals surface area contributed by atoms with Gasteiger partial charge in [0.1, 0.15) is 0 Å². The third-order valence-corrected chi connectivity index (χ3v) is 6.43. The minimum Gasteiger partial charge on any atom is -0.381 e. The summed E-state index contributed by atoms with van der Waals surface area (Å²) in [5.41, 5.74) is 2.46. The van der Waals surface area contributed by atoms with Gasteiger partial charge in [-0.2, -0.15) is 8.42 Å². The van der Waals surface area contributed by atoms with Crippen LogP contribution in [0.1, 0.15) is 44.1 Å². The smallest absolute Gasteiger partial charge is 0.270 e. The third-order valence-electron chi connectivity index (χ3n) is 4.78. The first-order chi connectivity index (χ1) is 8.91. The van der Waals surface area contributed by atoms with Crippen LogP contribution in [0.25, 0.3) is 0 Å². The molecule has 19 heavy (non-hydrogen) atoms. The number of anilines is 1. The molecular weight excluding hydrogens is 262 g/mol. The van der Waals surface area contributed by atoms with Crippen molar-refractivity contribution < 1.29 is 13.0 Å². The molecule has 104 valence electrons.